The van der Waals surface area contributed by atoms with Crippen molar-refractivity contribution in [2.24, 2.45) is 0 Å². The molecule has 1 atom stereocenters. The van der Waals surface area contributed by atoms with Crippen LogP contribution in [0.25, 0.3) is 0 Å². The summed E-state index contributed by atoms with van der Waals surface area (Å²) in [4.78, 5) is 14.9. The van der Waals surface area contributed by atoms with Gasteiger partial charge < -0.3 is 10.1 Å². The second-order valence-corrected chi connectivity index (χ2v) is 8.45. The van der Waals surface area contributed by atoms with Crippen molar-refractivity contribution >= 4 is 29.0 Å². The molecule has 1 amide bonds. The monoisotopic (exact) mass is 411 g/mol. The van der Waals surface area contributed by atoms with Crippen LogP contribution in [0, 0.1) is 0 Å². The zero-order valence-corrected chi connectivity index (χ0v) is 17.6. The van der Waals surface area contributed by atoms with Gasteiger partial charge in [-0.2, -0.15) is 0 Å². The van der Waals surface area contributed by atoms with Crippen molar-refractivity contribution in [1.82, 2.24) is 5.32 Å². The summed E-state index contributed by atoms with van der Waals surface area (Å²) >= 11 is 3.44. The third kappa shape index (κ3) is 6.23. The second kappa shape index (κ2) is 11.1. The molecule has 1 N–H and O–H groups in total. The molecule has 2 aromatic carbocycles. The lowest BCUT2D eigenvalue weighted by Gasteiger charge is -2.14. The summed E-state index contributed by atoms with van der Waals surface area (Å²) < 4.78 is 5.86. The average molecular weight is 412 g/mol. The van der Waals surface area contributed by atoms with Gasteiger partial charge >= 0.3 is 0 Å². The number of amides is 1. The Labute approximate surface area is 175 Å². The fourth-order valence-corrected chi connectivity index (χ4v) is 4.60. The normalized spacial score (nSPS) is 11.9. The predicted molar refractivity (Wildman–Crippen MR) is 118 cm³/mol. The minimum atomic E-state index is -0.0228. The Balaban J connectivity index is 1.42. The zero-order chi connectivity index (χ0) is 19.6. The van der Waals surface area contributed by atoms with Crippen LogP contribution in [0.1, 0.15) is 40.2 Å². The smallest absolute Gasteiger partial charge is 0.252 e. The Hall–Kier alpha value is -2.08. The zero-order valence-electron chi connectivity index (χ0n) is 16.0. The van der Waals surface area contributed by atoms with Gasteiger partial charge in [0.15, 0.2) is 0 Å². The molecule has 0 spiro atoms. The maximum atomic E-state index is 12.6. The summed E-state index contributed by atoms with van der Waals surface area (Å²) in [5.74, 6) is 0.859. The van der Waals surface area contributed by atoms with Gasteiger partial charge in [0.25, 0.3) is 5.91 Å². The standard InChI is InChI=1S/C23H25NO2S2/c1-18(19-9-3-2-4-10-19)26-15-8-14-24-23(25)21-12-5-6-13-22(21)28-17-20-11-7-16-27-20/h2-7,9-13,16,18H,8,14-15,17H2,1H3,(H,24,25). The van der Waals surface area contributed by atoms with Gasteiger partial charge in [0, 0.05) is 28.7 Å². The minimum Gasteiger partial charge on any atom is -0.374 e. The van der Waals surface area contributed by atoms with E-state index in [0.29, 0.717) is 13.2 Å². The molecule has 5 heteroatoms. The largest absolute Gasteiger partial charge is 0.374 e. The van der Waals surface area contributed by atoms with E-state index in [0.717, 1.165) is 22.6 Å². The van der Waals surface area contributed by atoms with Crippen molar-refractivity contribution in [3.05, 3.63) is 88.1 Å². The molecule has 1 aromatic heterocycles. The Kier molecular flexibility index (Phi) is 8.15. The third-order valence-electron chi connectivity index (χ3n) is 4.33. The van der Waals surface area contributed by atoms with Gasteiger partial charge in [0.1, 0.15) is 0 Å². The van der Waals surface area contributed by atoms with E-state index in [-0.39, 0.29) is 12.0 Å². The van der Waals surface area contributed by atoms with Crippen molar-refractivity contribution in [3.8, 4) is 0 Å². The van der Waals surface area contributed by atoms with Crippen molar-refractivity contribution in [1.29, 1.82) is 0 Å². The fraction of sp³-hybridized carbons (Fsp3) is 0.261. The molecule has 0 bridgehead atoms. The summed E-state index contributed by atoms with van der Waals surface area (Å²) in [5.41, 5.74) is 1.91. The first-order chi connectivity index (χ1) is 13.7. The molecule has 0 aliphatic carbocycles. The van der Waals surface area contributed by atoms with Gasteiger partial charge in [0.05, 0.1) is 11.7 Å². The average Bonchev–Trinajstić information content (AvgIpc) is 3.26. The molecular weight excluding hydrogens is 386 g/mol. The summed E-state index contributed by atoms with van der Waals surface area (Å²) in [6, 6.07) is 22.1. The molecule has 0 saturated carbocycles. The first kappa shape index (κ1) is 20.6. The first-order valence-electron chi connectivity index (χ1n) is 9.43. The van der Waals surface area contributed by atoms with Gasteiger partial charge in [-0.15, -0.1) is 23.1 Å². The number of ether oxygens (including phenoxy) is 1. The van der Waals surface area contributed by atoms with Crippen LogP contribution >= 0.6 is 23.1 Å². The minimum absolute atomic E-state index is 0.0228. The van der Waals surface area contributed by atoms with Crippen LogP contribution in [0.3, 0.4) is 0 Å². The van der Waals surface area contributed by atoms with Gasteiger partial charge in [0.2, 0.25) is 0 Å². The van der Waals surface area contributed by atoms with Crippen LogP contribution in [0.5, 0.6) is 0 Å². The molecule has 0 radical (unpaired) electrons. The van der Waals surface area contributed by atoms with E-state index in [9.17, 15) is 4.79 Å². The Morgan fingerprint density at radius 3 is 2.64 bits per heavy atom. The molecule has 0 aliphatic rings. The summed E-state index contributed by atoms with van der Waals surface area (Å²) in [6.45, 7) is 3.27. The van der Waals surface area contributed by atoms with E-state index in [1.807, 2.05) is 42.5 Å². The van der Waals surface area contributed by atoms with Crippen LogP contribution in [0.15, 0.2) is 77.0 Å². The van der Waals surface area contributed by atoms with E-state index in [1.54, 1.807) is 23.1 Å². The highest BCUT2D eigenvalue weighted by Crippen LogP contribution is 2.27. The molecule has 0 saturated heterocycles. The maximum absolute atomic E-state index is 12.6. The number of nitrogens with one attached hydrogen (secondary N) is 1. The third-order valence-corrected chi connectivity index (χ3v) is 6.51. The van der Waals surface area contributed by atoms with Gasteiger partial charge in [-0.05, 0) is 42.5 Å². The molecule has 146 valence electrons. The Morgan fingerprint density at radius 2 is 1.86 bits per heavy atom. The Bertz CT molecular complexity index is 850. The van der Waals surface area contributed by atoms with E-state index >= 15 is 0 Å². The molecule has 3 rings (SSSR count). The first-order valence-corrected chi connectivity index (χ1v) is 11.3. The van der Waals surface area contributed by atoms with Gasteiger partial charge in [-0.3, -0.25) is 4.79 Å². The highest BCUT2D eigenvalue weighted by Gasteiger charge is 2.11. The summed E-state index contributed by atoms with van der Waals surface area (Å²) in [5, 5.41) is 5.09. The molecule has 28 heavy (non-hydrogen) atoms. The number of carbonyl (C=O) groups excluding carboxylic acids is 1. The number of carbonyl (C=O) groups is 1. The second-order valence-electron chi connectivity index (χ2n) is 6.40. The lowest BCUT2D eigenvalue weighted by molar-refractivity contribution is 0.0634. The number of thioether (sulfide) groups is 1. The molecular formula is C23H25NO2S2. The number of hydrogen-bond acceptors (Lipinski definition) is 4. The van der Waals surface area contributed by atoms with Crippen LogP contribution in [0.4, 0.5) is 0 Å². The van der Waals surface area contributed by atoms with E-state index < -0.39 is 0 Å². The maximum Gasteiger partial charge on any atom is 0.252 e. The molecule has 0 fully saturated rings. The van der Waals surface area contributed by atoms with Crippen LogP contribution < -0.4 is 5.32 Å². The van der Waals surface area contributed by atoms with Crippen molar-refractivity contribution < 1.29 is 9.53 Å². The predicted octanol–water partition coefficient (Wildman–Crippen LogP) is 5.94. The highest BCUT2D eigenvalue weighted by molar-refractivity contribution is 7.98. The molecule has 3 nitrogen and oxygen atoms in total. The molecule has 1 unspecified atom stereocenters. The number of thiophene rings is 1. The Morgan fingerprint density at radius 1 is 1.07 bits per heavy atom. The summed E-state index contributed by atoms with van der Waals surface area (Å²) in [6.07, 6.45) is 0.847. The summed E-state index contributed by atoms with van der Waals surface area (Å²) in [7, 11) is 0. The topological polar surface area (TPSA) is 38.3 Å². The molecule has 0 aliphatic heterocycles. The van der Waals surface area contributed by atoms with Crippen molar-refractivity contribution in [2.45, 2.75) is 30.1 Å². The van der Waals surface area contributed by atoms with Crippen molar-refractivity contribution in [3.63, 3.8) is 0 Å². The van der Waals surface area contributed by atoms with Gasteiger partial charge in [-0.1, -0.05) is 48.5 Å². The number of benzene rings is 2. The number of hydrogen-bond donors (Lipinski definition) is 1. The fourth-order valence-electron chi connectivity index (χ4n) is 2.77. The van der Waals surface area contributed by atoms with E-state index in [1.165, 1.54) is 10.4 Å². The quantitative estimate of drug-likeness (QED) is 0.331. The molecule has 3 aromatic rings. The van der Waals surface area contributed by atoms with Crippen molar-refractivity contribution in [2.75, 3.05) is 13.2 Å². The lowest BCUT2D eigenvalue weighted by atomic mass is 10.1. The molecule has 1 heterocycles. The van der Waals surface area contributed by atoms with E-state index in [4.69, 9.17) is 4.74 Å². The van der Waals surface area contributed by atoms with Crippen LogP contribution in [-0.2, 0) is 10.5 Å². The van der Waals surface area contributed by atoms with E-state index in [2.05, 4.69) is 41.9 Å². The lowest BCUT2D eigenvalue weighted by Crippen LogP contribution is -2.25. The van der Waals surface area contributed by atoms with Crippen LogP contribution in [-0.4, -0.2) is 19.1 Å². The SMILES string of the molecule is CC(OCCCNC(=O)c1ccccc1SCc1cccs1)c1ccccc1. The van der Waals surface area contributed by atoms with Crippen LogP contribution in [0.2, 0.25) is 0 Å². The van der Waals surface area contributed by atoms with Gasteiger partial charge in [-0.25, -0.2) is 0 Å². The number of rotatable bonds is 10. The highest BCUT2D eigenvalue weighted by atomic mass is 32.2.